The zero-order valence-electron chi connectivity index (χ0n) is 12.8. The number of rotatable bonds is 5. The Labute approximate surface area is 126 Å². The van der Waals surface area contributed by atoms with Crippen molar-refractivity contribution in [3.8, 4) is 0 Å². The molecule has 1 aliphatic carbocycles. The molecule has 1 fully saturated rings. The van der Waals surface area contributed by atoms with Crippen LogP contribution in [0.25, 0.3) is 0 Å². The normalized spacial score (nSPS) is 28.9. The van der Waals surface area contributed by atoms with E-state index in [9.17, 15) is 9.59 Å². The zero-order chi connectivity index (χ0) is 15.2. The molecule has 1 saturated carbocycles. The Bertz CT molecular complexity index is 469. The summed E-state index contributed by atoms with van der Waals surface area (Å²) in [5.41, 5.74) is 1.15. The van der Waals surface area contributed by atoms with Gasteiger partial charge in [0.2, 0.25) is 0 Å². The Hall–Kier alpha value is -1.64. The molecule has 0 radical (unpaired) electrons. The van der Waals surface area contributed by atoms with Gasteiger partial charge in [-0.2, -0.15) is 0 Å². The van der Waals surface area contributed by atoms with E-state index in [2.05, 4.69) is 6.92 Å². The summed E-state index contributed by atoms with van der Waals surface area (Å²) >= 11 is 0. The lowest BCUT2D eigenvalue weighted by atomic mass is 9.68. The average molecular weight is 288 g/mol. The van der Waals surface area contributed by atoms with Gasteiger partial charge >= 0.3 is 5.97 Å². The number of hydrogen-bond donors (Lipinski definition) is 0. The Morgan fingerprint density at radius 2 is 1.86 bits per heavy atom. The first-order chi connectivity index (χ1) is 10.1. The van der Waals surface area contributed by atoms with E-state index >= 15 is 0 Å². The number of esters is 1. The smallest absolute Gasteiger partial charge is 0.309 e. The molecule has 0 spiro atoms. The molecule has 0 bridgehead atoms. The number of benzene rings is 1. The fourth-order valence-corrected chi connectivity index (χ4v) is 3.25. The second kappa shape index (κ2) is 7.39. The van der Waals surface area contributed by atoms with Crippen molar-refractivity contribution in [1.82, 2.24) is 0 Å². The van der Waals surface area contributed by atoms with Gasteiger partial charge in [0, 0.05) is 12.3 Å². The van der Waals surface area contributed by atoms with Gasteiger partial charge in [0.1, 0.15) is 6.29 Å². The first-order valence-corrected chi connectivity index (χ1v) is 7.79. The van der Waals surface area contributed by atoms with Crippen molar-refractivity contribution in [3.63, 3.8) is 0 Å². The van der Waals surface area contributed by atoms with Gasteiger partial charge in [-0.3, -0.25) is 4.79 Å². The second-order valence-corrected chi connectivity index (χ2v) is 6.17. The summed E-state index contributed by atoms with van der Waals surface area (Å²) in [7, 11) is 0. The minimum Gasteiger partial charge on any atom is -0.465 e. The monoisotopic (exact) mass is 288 g/mol. The van der Waals surface area contributed by atoms with Crippen LogP contribution in [-0.2, 0) is 20.7 Å². The standard InChI is InChI=1S/C18H24O3/c1-13-8-9-14(2)17(16(13)12-19)18(20)21-11-10-15-6-4-3-5-7-15/h3-7,12-14,16-17H,8-11H2,1-2H3. The SMILES string of the molecule is CC1CCC(C)C(C(=O)OCCc2ccccc2)C1C=O. The highest BCUT2D eigenvalue weighted by Gasteiger charge is 2.40. The molecule has 3 nitrogen and oxygen atoms in total. The molecule has 3 heteroatoms. The molecule has 0 amide bonds. The average Bonchev–Trinajstić information content (AvgIpc) is 2.50. The molecule has 0 aromatic heterocycles. The quantitative estimate of drug-likeness (QED) is 0.617. The predicted octanol–water partition coefficient (Wildman–Crippen LogP) is 3.27. The molecule has 1 aromatic carbocycles. The molecule has 0 saturated heterocycles. The zero-order valence-corrected chi connectivity index (χ0v) is 12.8. The highest BCUT2D eigenvalue weighted by molar-refractivity contribution is 5.77. The van der Waals surface area contributed by atoms with Crippen LogP contribution in [0.5, 0.6) is 0 Å². The Balaban J connectivity index is 1.90. The molecule has 4 atom stereocenters. The number of carbonyl (C=O) groups is 2. The van der Waals surface area contributed by atoms with E-state index in [1.54, 1.807) is 0 Å². The van der Waals surface area contributed by atoms with Crippen LogP contribution in [0.4, 0.5) is 0 Å². The number of hydrogen-bond acceptors (Lipinski definition) is 3. The van der Waals surface area contributed by atoms with Crippen LogP contribution in [0.1, 0.15) is 32.3 Å². The van der Waals surface area contributed by atoms with E-state index in [-0.39, 0.29) is 29.6 Å². The number of ether oxygens (including phenoxy) is 1. The summed E-state index contributed by atoms with van der Waals surface area (Å²) in [6.07, 6.45) is 3.67. The van der Waals surface area contributed by atoms with Crippen LogP contribution in [0, 0.1) is 23.7 Å². The summed E-state index contributed by atoms with van der Waals surface area (Å²) in [4.78, 5) is 23.7. The number of aldehydes is 1. The lowest BCUT2D eigenvalue weighted by molar-refractivity contribution is -0.156. The van der Waals surface area contributed by atoms with Gasteiger partial charge in [-0.1, -0.05) is 44.2 Å². The van der Waals surface area contributed by atoms with Crippen LogP contribution in [0.3, 0.4) is 0 Å². The van der Waals surface area contributed by atoms with Gasteiger partial charge in [-0.05, 0) is 30.2 Å². The minimum absolute atomic E-state index is 0.196. The molecule has 21 heavy (non-hydrogen) atoms. The Kier molecular flexibility index (Phi) is 5.54. The van der Waals surface area contributed by atoms with Crippen molar-refractivity contribution in [2.24, 2.45) is 23.7 Å². The van der Waals surface area contributed by atoms with E-state index in [1.165, 1.54) is 0 Å². The third kappa shape index (κ3) is 3.93. The van der Waals surface area contributed by atoms with Crippen LogP contribution in [-0.4, -0.2) is 18.9 Å². The molecule has 0 aliphatic heterocycles. The summed E-state index contributed by atoms with van der Waals surface area (Å²) in [5.74, 6) is -0.187. The molecule has 0 N–H and O–H groups in total. The topological polar surface area (TPSA) is 43.4 Å². The highest BCUT2D eigenvalue weighted by Crippen LogP contribution is 2.38. The maximum Gasteiger partial charge on any atom is 0.309 e. The maximum atomic E-state index is 12.3. The van der Waals surface area contributed by atoms with E-state index in [1.807, 2.05) is 37.3 Å². The molecule has 0 heterocycles. The number of carbonyl (C=O) groups excluding carboxylic acids is 2. The highest BCUT2D eigenvalue weighted by atomic mass is 16.5. The van der Waals surface area contributed by atoms with E-state index < -0.39 is 0 Å². The van der Waals surface area contributed by atoms with Crippen molar-refractivity contribution in [2.75, 3.05) is 6.61 Å². The van der Waals surface area contributed by atoms with Gasteiger partial charge < -0.3 is 9.53 Å². The summed E-state index contributed by atoms with van der Waals surface area (Å²) in [6.45, 7) is 4.48. The largest absolute Gasteiger partial charge is 0.465 e. The second-order valence-electron chi connectivity index (χ2n) is 6.17. The third-order valence-electron chi connectivity index (χ3n) is 4.67. The van der Waals surface area contributed by atoms with Crippen molar-refractivity contribution in [3.05, 3.63) is 35.9 Å². The van der Waals surface area contributed by atoms with Crippen LogP contribution in [0.2, 0.25) is 0 Å². The van der Waals surface area contributed by atoms with Gasteiger partial charge in [-0.15, -0.1) is 0 Å². The van der Waals surface area contributed by atoms with E-state index in [4.69, 9.17) is 4.74 Å². The van der Waals surface area contributed by atoms with E-state index in [0.29, 0.717) is 6.61 Å². The van der Waals surface area contributed by atoms with Crippen LogP contribution < -0.4 is 0 Å². The van der Waals surface area contributed by atoms with Crippen molar-refractivity contribution in [2.45, 2.75) is 33.1 Å². The molecule has 1 aromatic rings. The fraction of sp³-hybridized carbons (Fsp3) is 0.556. The molecule has 2 rings (SSSR count). The van der Waals surface area contributed by atoms with Crippen molar-refractivity contribution in [1.29, 1.82) is 0 Å². The first kappa shape index (κ1) is 15.7. The third-order valence-corrected chi connectivity index (χ3v) is 4.67. The Morgan fingerprint density at radius 1 is 1.19 bits per heavy atom. The molecule has 1 aliphatic rings. The summed E-state index contributed by atoms with van der Waals surface area (Å²) in [5, 5.41) is 0. The lowest BCUT2D eigenvalue weighted by Gasteiger charge is -2.36. The maximum absolute atomic E-state index is 12.3. The molecular weight excluding hydrogens is 264 g/mol. The van der Waals surface area contributed by atoms with Crippen LogP contribution >= 0.6 is 0 Å². The van der Waals surface area contributed by atoms with Gasteiger partial charge in [0.15, 0.2) is 0 Å². The van der Waals surface area contributed by atoms with Crippen LogP contribution in [0.15, 0.2) is 30.3 Å². The first-order valence-electron chi connectivity index (χ1n) is 7.79. The van der Waals surface area contributed by atoms with Gasteiger partial charge in [0.05, 0.1) is 12.5 Å². The molecular formula is C18H24O3. The molecule has 4 unspecified atom stereocenters. The lowest BCUT2D eigenvalue weighted by Crippen LogP contribution is -2.39. The summed E-state index contributed by atoms with van der Waals surface area (Å²) < 4.78 is 5.44. The van der Waals surface area contributed by atoms with E-state index in [0.717, 1.165) is 31.1 Å². The van der Waals surface area contributed by atoms with Gasteiger partial charge in [0.25, 0.3) is 0 Å². The molecule has 114 valence electrons. The predicted molar refractivity (Wildman–Crippen MR) is 81.7 cm³/mol. The Morgan fingerprint density at radius 3 is 2.52 bits per heavy atom. The van der Waals surface area contributed by atoms with Gasteiger partial charge in [-0.25, -0.2) is 0 Å². The van der Waals surface area contributed by atoms with Crippen molar-refractivity contribution >= 4 is 12.3 Å². The fourth-order valence-electron chi connectivity index (χ4n) is 3.25. The van der Waals surface area contributed by atoms with Crippen molar-refractivity contribution < 1.29 is 14.3 Å². The minimum atomic E-state index is -0.276. The summed E-state index contributed by atoms with van der Waals surface area (Å²) in [6, 6.07) is 9.96.